The van der Waals surface area contributed by atoms with Crippen molar-refractivity contribution in [2.24, 2.45) is 5.92 Å². The van der Waals surface area contributed by atoms with Crippen molar-refractivity contribution in [2.45, 2.75) is 39.7 Å². The maximum Gasteiger partial charge on any atom is 0.255 e. The van der Waals surface area contributed by atoms with E-state index in [0.29, 0.717) is 29.5 Å². The second-order valence-corrected chi connectivity index (χ2v) is 6.85. The fraction of sp³-hybridized carbons (Fsp3) is 0.632. The first-order chi connectivity index (χ1) is 11.5. The van der Waals surface area contributed by atoms with Gasteiger partial charge in [0.05, 0.1) is 18.8 Å². The first-order valence-corrected chi connectivity index (χ1v) is 8.85. The molecule has 0 radical (unpaired) electrons. The van der Waals surface area contributed by atoms with Gasteiger partial charge in [-0.1, -0.05) is 6.92 Å². The number of methoxy groups -OCH3 is 1. The minimum Gasteiger partial charge on any atom is -0.497 e. The Kier molecular flexibility index (Phi) is 6.91. The summed E-state index contributed by atoms with van der Waals surface area (Å²) in [5, 5.41) is 3.04. The fourth-order valence-electron chi connectivity index (χ4n) is 3.00. The van der Waals surface area contributed by atoms with Crippen LogP contribution >= 0.6 is 0 Å². The van der Waals surface area contributed by atoms with Crippen molar-refractivity contribution in [2.75, 3.05) is 33.3 Å². The van der Waals surface area contributed by atoms with Crippen LogP contribution in [-0.4, -0.2) is 50.2 Å². The Hall–Kier alpha value is -1.75. The van der Waals surface area contributed by atoms with E-state index >= 15 is 0 Å². The van der Waals surface area contributed by atoms with Crippen LogP contribution < -0.4 is 14.8 Å². The molecule has 0 spiro atoms. The Morgan fingerprint density at radius 2 is 1.96 bits per heavy atom. The molecule has 24 heavy (non-hydrogen) atoms. The molecule has 1 saturated heterocycles. The van der Waals surface area contributed by atoms with Gasteiger partial charge in [-0.15, -0.1) is 0 Å². The monoisotopic (exact) mass is 334 g/mol. The van der Waals surface area contributed by atoms with Gasteiger partial charge < -0.3 is 19.7 Å². The second kappa shape index (κ2) is 8.92. The van der Waals surface area contributed by atoms with Crippen molar-refractivity contribution in [3.05, 3.63) is 23.8 Å². The highest BCUT2D eigenvalue weighted by Crippen LogP contribution is 2.26. The van der Waals surface area contributed by atoms with Gasteiger partial charge in [0.15, 0.2) is 0 Å². The van der Waals surface area contributed by atoms with Gasteiger partial charge in [-0.2, -0.15) is 0 Å². The molecule has 5 heteroatoms. The summed E-state index contributed by atoms with van der Waals surface area (Å²) in [7, 11) is 1.61. The van der Waals surface area contributed by atoms with E-state index in [2.05, 4.69) is 17.1 Å². The highest BCUT2D eigenvalue weighted by molar-refractivity contribution is 5.97. The number of benzene rings is 1. The Balaban J connectivity index is 1.95. The molecule has 5 nitrogen and oxygen atoms in total. The molecule has 1 aromatic carbocycles. The third-order valence-electron chi connectivity index (χ3n) is 4.18. The van der Waals surface area contributed by atoms with E-state index in [-0.39, 0.29) is 12.0 Å². The van der Waals surface area contributed by atoms with Crippen LogP contribution in [0.2, 0.25) is 0 Å². The summed E-state index contributed by atoms with van der Waals surface area (Å²) in [5.74, 6) is 1.58. The van der Waals surface area contributed by atoms with E-state index in [9.17, 15) is 4.79 Å². The number of rotatable bonds is 8. The predicted molar refractivity (Wildman–Crippen MR) is 95.9 cm³/mol. The van der Waals surface area contributed by atoms with Crippen molar-refractivity contribution in [3.8, 4) is 11.5 Å². The molecule has 1 aliphatic rings. The minimum atomic E-state index is -0.0958. The molecule has 1 atom stereocenters. The number of hydrogen-bond acceptors (Lipinski definition) is 4. The standard InChI is InChI=1S/C19H30N2O3/c1-14(2)24-18-11-16(23-4)7-8-17(18)19(22)20-12-15(3)13-21-9-5-6-10-21/h7-8,11,14-15H,5-6,9-10,12-13H2,1-4H3,(H,20,22). The van der Waals surface area contributed by atoms with Gasteiger partial charge in [-0.3, -0.25) is 4.79 Å². The summed E-state index contributed by atoms with van der Waals surface area (Å²) in [6.07, 6.45) is 2.58. The van der Waals surface area contributed by atoms with Gasteiger partial charge in [-0.05, 0) is 57.8 Å². The predicted octanol–water partition coefficient (Wildman–Crippen LogP) is 2.94. The fourth-order valence-corrected chi connectivity index (χ4v) is 3.00. The van der Waals surface area contributed by atoms with Crippen LogP contribution in [0.15, 0.2) is 18.2 Å². The molecule has 134 valence electrons. The van der Waals surface area contributed by atoms with Crippen LogP contribution in [0.5, 0.6) is 11.5 Å². The first-order valence-electron chi connectivity index (χ1n) is 8.85. The summed E-state index contributed by atoms with van der Waals surface area (Å²) in [4.78, 5) is 15.0. The Morgan fingerprint density at radius 1 is 1.25 bits per heavy atom. The molecule has 1 unspecified atom stereocenters. The van der Waals surface area contributed by atoms with Crippen LogP contribution in [-0.2, 0) is 0 Å². The summed E-state index contributed by atoms with van der Waals surface area (Å²) in [6, 6.07) is 5.31. The molecule has 0 saturated carbocycles. The molecular weight excluding hydrogens is 304 g/mol. The summed E-state index contributed by atoms with van der Waals surface area (Å²) in [5.41, 5.74) is 0.554. The lowest BCUT2D eigenvalue weighted by atomic mass is 10.1. The number of likely N-dealkylation sites (tertiary alicyclic amines) is 1. The number of ether oxygens (including phenoxy) is 2. The highest BCUT2D eigenvalue weighted by atomic mass is 16.5. The lowest BCUT2D eigenvalue weighted by molar-refractivity contribution is 0.0939. The Bertz CT molecular complexity index is 539. The molecular formula is C19H30N2O3. The summed E-state index contributed by atoms with van der Waals surface area (Å²) < 4.78 is 11.0. The number of hydrogen-bond donors (Lipinski definition) is 1. The van der Waals surface area contributed by atoms with Crippen LogP contribution in [0.3, 0.4) is 0 Å². The van der Waals surface area contributed by atoms with Crippen molar-refractivity contribution >= 4 is 5.91 Å². The highest BCUT2D eigenvalue weighted by Gasteiger charge is 2.18. The average molecular weight is 334 g/mol. The molecule has 1 N–H and O–H groups in total. The van der Waals surface area contributed by atoms with Crippen molar-refractivity contribution < 1.29 is 14.3 Å². The normalized spacial score (nSPS) is 16.2. The minimum absolute atomic E-state index is 0.00209. The van der Waals surface area contributed by atoms with Gasteiger partial charge in [0.2, 0.25) is 0 Å². The maximum atomic E-state index is 12.5. The molecule has 2 rings (SSSR count). The molecule has 1 amide bonds. The topological polar surface area (TPSA) is 50.8 Å². The quantitative estimate of drug-likeness (QED) is 0.794. The van der Waals surface area contributed by atoms with Gasteiger partial charge in [-0.25, -0.2) is 0 Å². The second-order valence-electron chi connectivity index (χ2n) is 6.85. The van der Waals surface area contributed by atoms with Gasteiger partial charge >= 0.3 is 0 Å². The third-order valence-corrected chi connectivity index (χ3v) is 4.18. The Labute approximate surface area is 145 Å². The zero-order chi connectivity index (χ0) is 17.5. The van der Waals surface area contributed by atoms with Crippen LogP contribution in [0.4, 0.5) is 0 Å². The number of carbonyl (C=O) groups excluding carboxylic acids is 1. The SMILES string of the molecule is COc1ccc(C(=O)NCC(C)CN2CCCC2)c(OC(C)C)c1. The largest absolute Gasteiger partial charge is 0.497 e. The van der Waals surface area contributed by atoms with Crippen LogP contribution in [0.25, 0.3) is 0 Å². The van der Waals surface area contributed by atoms with Gasteiger partial charge in [0.25, 0.3) is 5.91 Å². The van der Waals surface area contributed by atoms with E-state index in [4.69, 9.17) is 9.47 Å². The lowest BCUT2D eigenvalue weighted by Crippen LogP contribution is -2.34. The van der Waals surface area contributed by atoms with Crippen molar-refractivity contribution in [3.63, 3.8) is 0 Å². The summed E-state index contributed by atoms with van der Waals surface area (Å²) >= 11 is 0. The average Bonchev–Trinajstić information content (AvgIpc) is 3.04. The van der Waals surface area contributed by atoms with E-state index in [1.54, 1.807) is 25.3 Å². The van der Waals surface area contributed by atoms with Gasteiger partial charge in [0.1, 0.15) is 11.5 Å². The zero-order valence-corrected chi connectivity index (χ0v) is 15.3. The van der Waals surface area contributed by atoms with Crippen molar-refractivity contribution in [1.82, 2.24) is 10.2 Å². The zero-order valence-electron chi connectivity index (χ0n) is 15.3. The first kappa shape index (κ1) is 18.6. The molecule has 1 fully saturated rings. The van der Waals surface area contributed by atoms with E-state index < -0.39 is 0 Å². The van der Waals surface area contributed by atoms with Crippen molar-refractivity contribution in [1.29, 1.82) is 0 Å². The van der Waals surface area contributed by atoms with E-state index in [1.807, 2.05) is 13.8 Å². The van der Waals surface area contributed by atoms with Crippen LogP contribution in [0, 0.1) is 5.92 Å². The summed E-state index contributed by atoms with van der Waals surface area (Å²) in [6.45, 7) is 10.1. The van der Waals surface area contributed by atoms with Gasteiger partial charge in [0, 0.05) is 19.2 Å². The van der Waals surface area contributed by atoms with Crippen LogP contribution in [0.1, 0.15) is 44.0 Å². The molecule has 1 aliphatic heterocycles. The molecule has 0 bridgehead atoms. The number of amides is 1. The smallest absolute Gasteiger partial charge is 0.255 e. The number of carbonyl (C=O) groups is 1. The third kappa shape index (κ3) is 5.41. The number of nitrogens with one attached hydrogen (secondary N) is 1. The molecule has 0 aromatic heterocycles. The number of nitrogens with zero attached hydrogens (tertiary/aromatic N) is 1. The maximum absolute atomic E-state index is 12.5. The lowest BCUT2D eigenvalue weighted by Gasteiger charge is -2.21. The van der Waals surface area contributed by atoms with E-state index in [0.717, 1.165) is 6.54 Å². The Morgan fingerprint density at radius 3 is 2.58 bits per heavy atom. The van der Waals surface area contributed by atoms with E-state index in [1.165, 1.54) is 25.9 Å². The molecule has 1 heterocycles. The molecule has 0 aliphatic carbocycles. The molecule has 1 aromatic rings.